The summed E-state index contributed by atoms with van der Waals surface area (Å²) in [6.45, 7) is 21.9. The molecule has 10 nitrogen and oxygen atoms in total. The molecule has 0 spiro atoms. The summed E-state index contributed by atoms with van der Waals surface area (Å²) in [4.78, 5) is 33.4. The van der Waals surface area contributed by atoms with Gasteiger partial charge in [-0.3, -0.25) is 9.80 Å². The lowest BCUT2D eigenvalue weighted by atomic mass is 9.94. The number of carbonyl (C=O) groups is 1. The van der Waals surface area contributed by atoms with Crippen molar-refractivity contribution in [3.63, 3.8) is 0 Å². The SMILES string of the molecule is C=C1CN2CCC[C@]2(COc2nc3c4c(nc(-c5cccc6ccc(F)c(C#C[Si](C(C)C)(C(C)C)C(C)C)c56)c(F)c4n2)OC(C)C2C4CCC(CN32)N4C(=O)O)C1. The smallest absolute Gasteiger partial charge is 0.407 e. The monoisotopic (exact) mass is 820 g/mol. The molecule has 2 bridgehead atoms. The quantitative estimate of drug-likeness (QED) is 0.111. The van der Waals surface area contributed by atoms with E-state index in [1.54, 1.807) is 17.0 Å². The Bertz CT molecular complexity index is 2450. The summed E-state index contributed by atoms with van der Waals surface area (Å²) in [5, 5.41) is 11.8. The van der Waals surface area contributed by atoms with E-state index in [4.69, 9.17) is 24.4 Å². The van der Waals surface area contributed by atoms with Gasteiger partial charge in [-0.1, -0.05) is 83.9 Å². The molecule has 2 aromatic carbocycles. The number of benzene rings is 2. The van der Waals surface area contributed by atoms with Gasteiger partial charge in [-0.2, -0.15) is 9.97 Å². The number of pyridine rings is 1. The second kappa shape index (κ2) is 14.4. The molecule has 1 amide bonds. The molecule has 4 fully saturated rings. The Labute approximate surface area is 346 Å². The molecular formula is C46H54F2N6O4Si. The fraction of sp³-hybridized carbons (Fsp3) is 0.522. The van der Waals surface area contributed by atoms with Gasteiger partial charge in [0.2, 0.25) is 5.88 Å². The van der Waals surface area contributed by atoms with Gasteiger partial charge in [-0.05, 0) is 73.6 Å². The summed E-state index contributed by atoms with van der Waals surface area (Å²) in [6.07, 6.45) is 2.65. The molecular weight excluding hydrogens is 767 g/mol. The van der Waals surface area contributed by atoms with Crippen LogP contribution in [0.4, 0.5) is 19.4 Å². The van der Waals surface area contributed by atoms with Gasteiger partial charge in [0.05, 0.1) is 29.2 Å². The molecule has 13 heteroatoms. The van der Waals surface area contributed by atoms with Crippen LogP contribution in [0.15, 0.2) is 42.5 Å². The van der Waals surface area contributed by atoms with Crippen molar-refractivity contribution in [2.24, 2.45) is 0 Å². The maximum atomic E-state index is 17.8. The minimum atomic E-state index is -2.28. The molecule has 4 unspecified atom stereocenters. The zero-order chi connectivity index (χ0) is 41.7. The van der Waals surface area contributed by atoms with Crippen molar-refractivity contribution in [3.8, 4) is 34.6 Å². The third kappa shape index (κ3) is 6.10. The van der Waals surface area contributed by atoms with Gasteiger partial charge < -0.3 is 19.5 Å². The lowest BCUT2D eigenvalue weighted by molar-refractivity contribution is 0.0706. The van der Waals surface area contributed by atoms with Gasteiger partial charge in [0, 0.05) is 24.0 Å². The lowest BCUT2D eigenvalue weighted by Crippen LogP contribution is -2.64. The number of piperazine rings is 1. The van der Waals surface area contributed by atoms with E-state index in [-0.39, 0.29) is 46.3 Å². The summed E-state index contributed by atoms with van der Waals surface area (Å²) in [5.41, 5.74) is 6.12. The van der Waals surface area contributed by atoms with Gasteiger partial charge in [0.15, 0.2) is 5.82 Å². The van der Waals surface area contributed by atoms with Crippen molar-refractivity contribution in [3.05, 3.63) is 59.7 Å². The van der Waals surface area contributed by atoms with Crippen molar-refractivity contribution in [1.82, 2.24) is 24.8 Å². The summed E-state index contributed by atoms with van der Waals surface area (Å²) in [7, 11) is -2.28. The minimum absolute atomic E-state index is 0.0191. The average Bonchev–Trinajstić information content (AvgIpc) is 3.80. The molecule has 0 aliphatic carbocycles. The Kier molecular flexibility index (Phi) is 9.70. The van der Waals surface area contributed by atoms with E-state index in [0.29, 0.717) is 70.2 Å². The van der Waals surface area contributed by atoms with Crippen LogP contribution >= 0.6 is 0 Å². The normalized spacial score (nSPS) is 25.1. The third-order valence-corrected chi connectivity index (χ3v) is 20.7. The van der Waals surface area contributed by atoms with Gasteiger partial charge >= 0.3 is 12.1 Å². The maximum Gasteiger partial charge on any atom is 0.407 e. The first-order valence-electron chi connectivity index (χ1n) is 21.3. The molecule has 5 aliphatic rings. The van der Waals surface area contributed by atoms with Crippen LogP contribution in [0.1, 0.15) is 86.1 Å². The van der Waals surface area contributed by atoms with E-state index in [1.165, 1.54) is 6.07 Å². The highest BCUT2D eigenvalue weighted by molar-refractivity contribution is 6.90. The topological polar surface area (TPSA) is 104 Å². The highest BCUT2D eigenvalue weighted by Crippen LogP contribution is 2.48. The number of anilines is 1. The van der Waals surface area contributed by atoms with E-state index in [9.17, 15) is 9.90 Å². The highest BCUT2D eigenvalue weighted by atomic mass is 28.3. The van der Waals surface area contributed by atoms with Gasteiger partial charge in [-0.15, -0.1) is 5.54 Å². The zero-order valence-corrected chi connectivity index (χ0v) is 36.1. The number of hydrogen-bond donors (Lipinski definition) is 1. The number of ether oxygens (including phenoxy) is 2. The van der Waals surface area contributed by atoms with E-state index in [2.05, 4.69) is 69.4 Å². The van der Waals surface area contributed by atoms with Crippen LogP contribution in [0.25, 0.3) is 32.9 Å². The predicted molar refractivity (Wildman–Crippen MR) is 229 cm³/mol. The average molecular weight is 821 g/mol. The molecule has 7 heterocycles. The third-order valence-electron chi connectivity index (χ3n) is 14.4. The van der Waals surface area contributed by atoms with E-state index >= 15 is 8.78 Å². The Hall–Kier alpha value is -4.80. The molecule has 0 saturated carbocycles. The summed E-state index contributed by atoms with van der Waals surface area (Å²) < 4.78 is 47.3. The molecule has 59 heavy (non-hydrogen) atoms. The number of rotatable bonds is 7. The summed E-state index contributed by atoms with van der Waals surface area (Å²) in [6, 6.07) is 7.54. The van der Waals surface area contributed by atoms with Gasteiger partial charge in [0.1, 0.15) is 49.0 Å². The van der Waals surface area contributed by atoms with E-state index < -0.39 is 37.9 Å². The molecule has 1 N–H and O–H groups in total. The molecule has 9 rings (SSSR count). The summed E-state index contributed by atoms with van der Waals surface area (Å²) in [5.74, 6) is 2.71. The van der Waals surface area contributed by atoms with Gasteiger partial charge in [0.25, 0.3) is 0 Å². The van der Waals surface area contributed by atoms with Crippen molar-refractivity contribution in [2.45, 2.75) is 127 Å². The number of halogens is 2. The second-order valence-electron chi connectivity index (χ2n) is 18.5. The number of carboxylic acid groups (broad SMARTS) is 1. The molecule has 4 saturated heterocycles. The first kappa shape index (κ1) is 39.6. The van der Waals surface area contributed by atoms with Crippen molar-refractivity contribution in [2.75, 3.05) is 31.1 Å². The Balaban J connectivity index is 1.25. The fourth-order valence-corrected chi connectivity index (χ4v) is 17.1. The molecule has 4 aromatic rings. The van der Waals surface area contributed by atoms with Crippen molar-refractivity contribution in [1.29, 1.82) is 0 Å². The first-order valence-corrected chi connectivity index (χ1v) is 23.5. The first-order chi connectivity index (χ1) is 28.1. The number of aromatic nitrogens is 3. The Morgan fingerprint density at radius 3 is 2.56 bits per heavy atom. The number of nitrogens with zero attached hydrogens (tertiary/aromatic N) is 6. The van der Waals surface area contributed by atoms with Crippen molar-refractivity contribution >= 4 is 41.7 Å². The van der Waals surface area contributed by atoms with Crippen LogP contribution in [-0.4, -0.2) is 100 Å². The number of amides is 1. The largest absolute Gasteiger partial charge is 0.472 e. The maximum absolute atomic E-state index is 17.8. The number of fused-ring (bicyclic) bond motifs is 7. The second-order valence-corrected chi connectivity index (χ2v) is 24.1. The van der Waals surface area contributed by atoms with Crippen LogP contribution < -0.4 is 14.4 Å². The Morgan fingerprint density at radius 1 is 1.07 bits per heavy atom. The summed E-state index contributed by atoms with van der Waals surface area (Å²) >= 11 is 0. The minimum Gasteiger partial charge on any atom is -0.472 e. The molecule has 5 aliphatic heterocycles. The molecule has 310 valence electrons. The lowest BCUT2D eigenvalue weighted by Gasteiger charge is -2.47. The number of hydrogen-bond acceptors (Lipinski definition) is 8. The molecule has 0 radical (unpaired) electrons. The van der Waals surface area contributed by atoms with E-state index in [1.807, 2.05) is 19.1 Å². The fourth-order valence-electron chi connectivity index (χ4n) is 11.9. The van der Waals surface area contributed by atoms with Crippen LogP contribution in [0, 0.1) is 23.1 Å². The standard InChI is InChI=1S/C46H54F2N6O4Si/c1-25(2)59(26(3)4,27(5)6)20-17-32-34(47)15-13-30-11-9-12-33(36(30)32)39-38(48)40-37-42(51-44(50-40)57-24-46-18-10-19-52(46)22-28(7)21-46)53-23-31-14-16-35(54(31)45(55)56)41(53)29(8)58-43(37)49-39/h9,11-13,15,25-27,29,31,35,41H,7,10,14,16,18-19,21-24H2,1-6,8H3,(H,55,56)/t29?,31?,35?,41?,46-/m1/s1. The highest BCUT2D eigenvalue weighted by Gasteiger charge is 2.53. The van der Waals surface area contributed by atoms with Crippen LogP contribution in [0.2, 0.25) is 16.6 Å². The van der Waals surface area contributed by atoms with Crippen LogP contribution in [0.5, 0.6) is 11.9 Å². The molecule has 5 atom stereocenters. The predicted octanol–water partition coefficient (Wildman–Crippen LogP) is 9.35. The zero-order valence-electron chi connectivity index (χ0n) is 35.1. The van der Waals surface area contributed by atoms with Crippen LogP contribution in [-0.2, 0) is 0 Å². The van der Waals surface area contributed by atoms with Crippen molar-refractivity contribution < 1.29 is 28.2 Å². The van der Waals surface area contributed by atoms with E-state index in [0.717, 1.165) is 37.9 Å². The van der Waals surface area contributed by atoms with Gasteiger partial charge in [-0.25, -0.2) is 18.6 Å². The molecule has 2 aromatic heterocycles. The van der Waals surface area contributed by atoms with Crippen LogP contribution in [0.3, 0.4) is 0 Å². The Morgan fingerprint density at radius 2 is 1.83 bits per heavy atom.